The molecule has 1 N–H and O–H groups in total. The zero-order valence-corrected chi connectivity index (χ0v) is 16.7. The number of thioether (sulfide) groups is 2. The van der Waals surface area contributed by atoms with Gasteiger partial charge in [0.25, 0.3) is 0 Å². The topological polar surface area (TPSA) is 72.7 Å². The summed E-state index contributed by atoms with van der Waals surface area (Å²) in [5, 5.41) is 12.1. The molecular weight excluding hydrogens is 378 g/mol. The Balaban J connectivity index is 1.38. The molecule has 3 rings (SSSR count). The van der Waals surface area contributed by atoms with Crippen molar-refractivity contribution < 1.29 is 4.79 Å². The molecule has 2 heterocycles. The van der Waals surface area contributed by atoms with Crippen LogP contribution in [0.15, 0.2) is 64.9 Å². The number of hydrogen-bond acceptors (Lipinski definition) is 6. The molecule has 0 saturated carbocycles. The number of pyridine rings is 1. The Bertz CT molecular complexity index is 855. The molecular formula is C19H21N5OS2. The summed E-state index contributed by atoms with van der Waals surface area (Å²) in [5.74, 6) is 2.08. The van der Waals surface area contributed by atoms with E-state index in [1.54, 1.807) is 24.2 Å². The van der Waals surface area contributed by atoms with Crippen molar-refractivity contribution in [2.45, 2.75) is 16.5 Å². The Hall–Kier alpha value is -2.32. The van der Waals surface area contributed by atoms with E-state index in [1.165, 1.54) is 16.7 Å². The van der Waals surface area contributed by atoms with Gasteiger partial charge in [-0.2, -0.15) is 0 Å². The molecule has 140 valence electrons. The van der Waals surface area contributed by atoms with E-state index < -0.39 is 0 Å². The fraction of sp³-hybridized carbons (Fsp3) is 0.263. The van der Waals surface area contributed by atoms with E-state index in [4.69, 9.17) is 0 Å². The van der Waals surface area contributed by atoms with Gasteiger partial charge in [-0.3, -0.25) is 9.78 Å². The molecule has 3 aromatic rings. The normalized spacial score (nSPS) is 10.7. The van der Waals surface area contributed by atoms with Gasteiger partial charge in [0.1, 0.15) is 0 Å². The van der Waals surface area contributed by atoms with Gasteiger partial charge >= 0.3 is 0 Å². The molecule has 0 saturated heterocycles. The first kappa shape index (κ1) is 19.4. The van der Waals surface area contributed by atoms with Crippen LogP contribution in [0.2, 0.25) is 0 Å². The highest BCUT2D eigenvalue weighted by atomic mass is 32.2. The lowest BCUT2D eigenvalue weighted by Crippen LogP contribution is -2.26. The summed E-state index contributed by atoms with van der Waals surface area (Å²) >= 11 is 3.19. The second-order valence-corrected chi connectivity index (χ2v) is 7.87. The van der Waals surface area contributed by atoms with Crippen molar-refractivity contribution in [3.05, 3.63) is 54.9 Å². The lowest BCUT2D eigenvalue weighted by atomic mass is 10.2. The molecule has 27 heavy (non-hydrogen) atoms. The van der Waals surface area contributed by atoms with Crippen molar-refractivity contribution in [2.24, 2.45) is 7.05 Å². The first-order valence-corrected chi connectivity index (χ1v) is 10.6. The molecule has 2 aromatic heterocycles. The van der Waals surface area contributed by atoms with Crippen LogP contribution in [0.1, 0.15) is 6.42 Å². The molecule has 0 bridgehead atoms. The minimum Gasteiger partial charge on any atom is -0.355 e. The van der Waals surface area contributed by atoms with Gasteiger partial charge in [-0.05, 0) is 36.4 Å². The molecule has 0 aliphatic carbocycles. The molecule has 0 radical (unpaired) electrons. The predicted octanol–water partition coefficient (Wildman–Crippen LogP) is 3.27. The lowest BCUT2D eigenvalue weighted by Gasteiger charge is -2.06. The second-order valence-electron chi connectivity index (χ2n) is 5.75. The molecule has 1 amide bonds. The molecule has 8 heteroatoms. The van der Waals surface area contributed by atoms with Crippen LogP contribution in [0.4, 0.5) is 0 Å². The summed E-state index contributed by atoms with van der Waals surface area (Å²) in [6.07, 6.45) is 4.38. The summed E-state index contributed by atoms with van der Waals surface area (Å²) in [4.78, 5) is 17.3. The SMILES string of the molecule is Cn1c(SCC(=O)NCCCSc2ccccc2)nnc1-c1ccncc1. The van der Waals surface area contributed by atoms with Crippen molar-refractivity contribution in [3.8, 4) is 11.4 Å². The number of aromatic nitrogens is 4. The molecule has 0 unspecified atom stereocenters. The van der Waals surface area contributed by atoms with Crippen LogP contribution in [0, 0.1) is 0 Å². The third-order valence-corrected chi connectivity index (χ3v) is 5.88. The van der Waals surface area contributed by atoms with Crippen LogP contribution < -0.4 is 5.32 Å². The summed E-state index contributed by atoms with van der Waals surface area (Å²) in [6, 6.07) is 14.1. The van der Waals surface area contributed by atoms with Gasteiger partial charge in [0.2, 0.25) is 5.91 Å². The second kappa shape index (κ2) is 10.1. The van der Waals surface area contributed by atoms with Gasteiger partial charge in [0.15, 0.2) is 11.0 Å². The number of benzene rings is 1. The fourth-order valence-corrected chi connectivity index (χ4v) is 4.00. The summed E-state index contributed by atoms with van der Waals surface area (Å²) in [6.45, 7) is 0.681. The molecule has 0 spiro atoms. The monoisotopic (exact) mass is 399 g/mol. The zero-order chi connectivity index (χ0) is 18.9. The van der Waals surface area contributed by atoms with E-state index in [0.717, 1.165) is 28.7 Å². The lowest BCUT2D eigenvalue weighted by molar-refractivity contribution is -0.118. The highest BCUT2D eigenvalue weighted by Gasteiger charge is 2.12. The highest BCUT2D eigenvalue weighted by molar-refractivity contribution is 7.99. The average Bonchev–Trinajstić information content (AvgIpc) is 3.08. The van der Waals surface area contributed by atoms with Crippen LogP contribution in [0.5, 0.6) is 0 Å². The van der Waals surface area contributed by atoms with Crippen LogP contribution in [-0.2, 0) is 11.8 Å². The molecule has 0 aliphatic heterocycles. The average molecular weight is 400 g/mol. The zero-order valence-electron chi connectivity index (χ0n) is 15.0. The minimum absolute atomic E-state index is 0.0122. The standard InChI is InChI=1S/C19H21N5OS2/c1-24-18(15-8-11-20-12-9-15)22-23-19(24)27-14-17(25)21-10-5-13-26-16-6-3-2-4-7-16/h2-4,6-9,11-12H,5,10,13-14H2,1H3,(H,21,25). The molecule has 0 fully saturated rings. The van der Waals surface area contributed by atoms with E-state index in [1.807, 2.05) is 41.9 Å². The maximum Gasteiger partial charge on any atom is 0.230 e. The van der Waals surface area contributed by atoms with Crippen molar-refractivity contribution in [2.75, 3.05) is 18.1 Å². The van der Waals surface area contributed by atoms with Crippen LogP contribution in [-0.4, -0.2) is 43.7 Å². The maximum atomic E-state index is 12.0. The fourth-order valence-electron chi connectivity index (χ4n) is 2.38. The van der Waals surface area contributed by atoms with Gasteiger partial charge in [0, 0.05) is 36.4 Å². The number of carbonyl (C=O) groups excluding carboxylic acids is 1. The Labute approximate surface area is 167 Å². The third kappa shape index (κ3) is 5.83. The minimum atomic E-state index is 0.0122. The number of hydrogen-bond donors (Lipinski definition) is 1. The Morgan fingerprint density at radius 3 is 2.63 bits per heavy atom. The van der Waals surface area contributed by atoms with Crippen molar-refractivity contribution in [1.29, 1.82) is 0 Å². The highest BCUT2D eigenvalue weighted by Crippen LogP contribution is 2.22. The van der Waals surface area contributed by atoms with Gasteiger partial charge in [-0.1, -0.05) is 30.0 Å². The Morgan fingerprint density at radius 1 is 1.07 bits per heavy atom. The van der Waals surface area contributed by atoms with Gasteiger partial charge in [-0.15, -0.1) is 22.0 Å². The van der Waals surface area contributed by atoms with Crippen LogP contribution in [0.3, 0.4) is 0 Å². The number of nitrogens with one attached hydrogen (secondary N) is 1. The smallest absolute Gasteiger partial charge is 0.230 e. The molecule has 0 atom stereocenters. The molecule has 1 aromatic carbocycles. The van der Waals surface area contributed by atoms with Gasteiger partial charge in [-0.25, -0.2) is 0 Å². The largest absolute Gasteiger partial charge is 0.355 e. The van der Waals surface area contributed by atoms with E-state index in [0.29, 0.717) is 12.3 Å². The van der Waals surface area contributed by atoms with Crippen molar-refractivity contribution in [3.63, 3.8) is 0 Å². The quantitative estimate of drug-likeness (QED) is 0.440. The van der Waals surface area contributed by atoms with Gasteiger partial charge in [0.05, 0.1) is 5.75 Å². The van der Waals surface area contributed by atoms with Crippen LogP contribution in [0.25, 0.3) is 11.4 Å². The Kier molecular flexibility index (Phi) is 7.29. The summed E-state index contributed by atoms with van der Waals surface area (Å²) in [7, 11) is 1.90. The van der Waals surface area contributed by atoms with Crippen LogP contribution >= 0.6 is 23.5 Å². The Morgan fingerprint density at radius 2 is 1.85 bits per heavy atom. The molecule has 6 nitrogen and oxygen atoms in total. The first-order chi connectivity index (χ1) is 13.2. The number of amides is 1. The number of carbonyl (C=O) groups is 1. The van der Waals surface area contributed by atoms with Gasteiger partial charge < -0.3 is 9.88 Å². The summed E-state index contributed by atoms with van der Waals surface area (Å²) in [5.41, 5.74) is 0.951. The van der Waals surface area contributed by atoms with E-state index in [-0.39, 0.29) is 5.91 Å². The first-order valence-electron chi connectivity index (χ1n) is 8.61. The summed E-state index contributed by atoms with van der Waals surface area (Å²) < 4.78 is 1.89. The predicted molar refractivity (Wildman–Crippen MR) is 110 cm³/mol. The van der Waals surface area contributed by atoms with Crippen molar-refractivity contribution >= 4 is 29.4 Å². The van der Waals surface area contributed by atoms with E-state index >= 15 is 0 Å². The number of rotatable bonds is 9. The molecule has 0 aliphatic rings. The van der Waals surface area contributed by atoms with Crippen molar-refractivity contribution in [1.82, 2.24) is 25.1 Å². The van der Waals surface area contributed by atoms with E-state index in [9.17, 15) is 4.79 Å². The maximum absolute atomic E-state index is 12.0. The van der Waals surface area contributed by atoms with E-state index in [2.05, 4.69) is 32.6 Å². The third-order valence-electron chi connectivity index (χ3n) is 3.76. The number of nitrogens with zero attached hydrogens (tertiary/aromatic N) is 4.